The molecule has 1 N–H and O–H groups in total. The topological polar surface area (TPSA) is 82.9 Å². The fourth-order valence-corrected chi connectivity index (χ4v) is 4.66. The fraction of sp³-hybridized carbons (Fsp3) is 0.368. The predicted octanol–water partition coefficient (Wildman–Crippen LogP) is 3.68. The van der Waals surface area contributed by atoms with Crippen LogP contribution in [0.3, 0.4) is 0 Å². The van der Waals surface area contributed by atoms with Crippen LogP contribution in [0.2, 0.25) is 0 Å². The number of rotatable bonds is 4. The minimum atomic E-state index is -3.58. The van der Waals surface area contributed by atoms with Crippen LogP contribution in [0.15, 0.2) is 35.2 Å². The van der Waals surface area contributed by atoms with E-state index in [2.05, 4.69) is 9.71 Å². The number of sulfonamides is 1. The van der Waals surface area contributed by atoms with Crippen molar-refractivity contribution in [1.82, 2.24) is 9.71 Å². The Morgan fingerprint density at radius 3 is 2.58 bits per heavy atom. The average molecular weight is 373 g/mol. The quantitative estimate of drug-likeness (QED) is 0.886. The standard InChI is InChI=1S/C19H20FN3O2S/c1-13-11-15(26(24,25)23-14-5-3-2-4-6-14)7-8-16(13)18-10-9-17(20)19(12-21)22-18/h7-11,14,23H,2-6H2,1H3. The number of hydrogen-bond acceptors (Lipinski definition) is 4. The SMILES string of the molecule is Cc1cc(S(=O)(=O)NC2CCCCC2)ccc1-c1ccc(F)c(C#N)n1. The van der Waals surface area contributed by atoms with Gasteiger partial charge in [-0.3, -0.25) is 0 Å². The average Bonchev–Trinajstić information content (AvgIpc) is 2.63. The summed E-state index contributed by atoms with van der Waals surface area (Å²) in [6.45, 7) is 1.77. The molecular formula is C19H20FN3O2S. The smallest absolute Gasteiger partial charge is 0.234 e. The molecule has 0 spiro atoms. The first-order chi connectivity index (χ1) is 12.4. The van der Waals surface area contributed by atoms with E-state index >= 15 is 0 Å². The molecule has 1 aliphatic carbocycles. The van der Waals surface area contributed by atoms with E-state index in [0.29, 0.717) is 16.8 Å². The Kier molecular flexibility index (Phi) is 5.35. The molecule has 1 heterocycles. The maximum atomic E-state index is 13.5. The lowest BCUT2D eigenvalue weighted by molar-refractivity contribution is 0.412. The molecule has 5 nitrogen and oxygen atoms in total. The van der Waals surface area contributed by atoms with E-state index in [0.717, 1.165) is 32.1 Å². The van der Waals surface area contributed by atoms with Crippen LogP contribution in [0.5, 0.6) is 0 Å². The lowest BCUT2D eigenvalue weighted by atomic mass is 9.96. The molecule has 2 aromatic rings. The normalized spacial score (nSPS) is 15.6. The van der Waals surface area contributed by atoms with Gasteiger partial charge in [0.05, 0.1) is 10.6 Å². The Labute approximate surface area is 152 Å². The molecule has 26 heavy (non-hydrogen) atoms. The molecule has 1 fully saturated rings. The van der Waals surface area contributed by atoms with Gasteiger partial charge in [-0.2, -0.15) is 5.26 Å². The minimum Gasteiger partial charge on any atom is -0.234 e. The summed E-state index contributed by atoms with van der Waals surface area (Å²) in [7, 11) is -3.58. The van der Waals surface area contributed by atoms with Crippen LogP contribution in [0.4, 0.5) is 4.39 Å². The second-order valence-electron chi connectivity index (χ2n) is 6.57. The maximum absolute atomic E-state index is 13.5. The van der Waals surface area contributed by atoms with Crippen molar-refractivity contribution in [3.63, 3.8) is 0 Å². The summed E-state index contributed by atoms with van der Waals surface area (Å²) in [5.41, 5.74) is 1.51. The van der Waals surface area contributed by atoms with Crippen molar-refractivity contribution in [1.29, 1.82) is 5.26 Å². The van der Waals surface area contributed by atoms with Crippen LogP contribution in [-0.2, 0) is 10.0 Å². The second-order valence-corrected chi connectivity index (χ2v) is 8.29. The summed E-state index contributed by atoms with van der Waals surface area (Å²) in [4.78, 5) is 4.21. The summed E-state index contributed by atoms with van der Waals surface area (Å²) < 4.78 is 41.5. The molecule has 0 aliphatic heterocycles. The molecule has 136 valence electrons. The lowest BCUT2D eigenvalue weighted by Crippen LogP contribution is -2.36. The summed E-state index contributed by atoms with van der Waals surface area (Å²) in [6.07, 6.45) is 4.98. The van der Waals surface area contributed by atoms with Gasteiger partial charge in [-0.25, -0.2) is 22.5 Å². The number of nitrogens with one attached hydrogen (secondary N) is 1. The molecule has 0 amide bonds. The first-order valence-corrected chi connectivity index (χ1v) is 10.1. The monoisotopic (exact) mass is 373 g/mol. The Hall–Kier alpha value is -2.30. The zero-order valence-corrected chi connectivity index (χ0v) is 15.3. The van der Waals surface area contributed by atoms with Gasteiger partial charge in [-0.05, 0) is 49.6 Å². The summed E-state index contributed by atoms with van der Waals surface area (Å²) in [5.74, 6) is -0.676. The highest BCUT2D eigenvalue weighted by Gasteiger charge is 2.22. The number of pyridine rings is 1. The zero-order valence-electron chi connectivity index (χ0n) is 14.5. The highest BCUT2D eigenvalue weighted by atomic mass is 32.2. The number of benzene rings is 1. The molecule has 1 aromatic carbocycles. The summed E-state index contributed by atoms with van der Waals surface area (Å²) in [5, 5.41) is 8.93. The molecule has 0 saturated heterocycles. The van der Waals surface area contributed by atoms with Gasteiger partial charge in [0.1, 0.15) is 6.07 Å². The Morgan fingerprint density at radius 2 is 1.92 bits per heavy atom. The lowest BCUT2D eigenvalue weighted by Gasteiger charge is -2.22. The molecule has 0 bridgehead atoms. The molecule has 3 rings (SSSR count). The van der Waals surface area contributed by atoms with E-state index in [1.54, 1.807) is 25.1 Å². The van der Waals surface area contributed by atoms with Gasteiger partial charge in [0.2, 0.25) is 10.0 Å². The minimum absolute atomic E-state index is 0.00863. The van der Waals surface area contributed by atoms with Crippen molar-refractivity contribution >= 4 is 10.0 Å². The highest BCUT2D eigenvalue weighted by Crippen LogP contribution is 2.26. The van der Waals surface area contributed by atoms with Crippen molar-refractivity contribution in [3.05, 3.63) is 47.4 Å². The van der Waals surface area contributed by atoms with E-state index in [-0.39, 0.29) is 16.6 Å². The molecule has 0 atom stereocenters. The van der Waals surface area contributed by atoms with Crippen molar-refractivity contribution in [3.8, 4) is 17.3 Å². The number of nitriles is 1. The molecular weight excluding hydrogens is 353 g/mol. The molecule has 0 unspecified atom stereocenters. The van der Waals surface area contributed by atoms with Crippen molar-refractivity contribution in [2.45, 2.75) is 50.0 Å². The van der Waals surface area contributed by atoms with Gasteiger partial charge in [-0.1, -0.05) is 25.3 Å². The summed E-state index contributed by atoms with van der Waals surface area (Å²) in [6, 6.07) is 9.12. The van der Waals surface area contributed by atoms with Crippen LogP contribution in [0, 0.1) is 24.1 Å². The summed E-state index contributed by atoms with van der Waals surface area (Å²) >= 11 is 0. The van der Waals surface area contributed by atoms with Crippen LogP contribution in [0.1, 0.15) is 43.4 Å². The first-order valence-electron chi connectivity index (χ1n) is 8.61. The molecule has 1 aromatic heterocycles. The molecule has 7 heteroatoms. The number of nitrogens with zero attached hydrogens (tertiary/aromatic N) is 2. The van der Waals surface area contributed by atoms with Gasteiger partial charge < -0.3 is 0 Å². The van der Waals surface area contributed by atoms with Gasteiger partial charge in [-0.15, -0.1) is 0 Å². The Bertz CT molecular complexity index is 961. The van der Waals surface area contributed by atoms with Gasteiger partial charge >= 0.3 is 0 Å². The van der Waals surface area contributed by atoms with Crippen LogP contribution in [-0.4, -0.2) is 19.4 Å². The predicted molar refractivity (Wildman–Crippen MR) is 96.3 cm³/mol. The van der Waals surface area contributed by atoms with Crippen molar-refractivity contribution in [2.24, 2.45) is 0 Å². The number of aryl methyl sites for hydroxylation is 1. The third-order valence-corrected chi connectivity index (χ3v) is 6.18. The Balaban J connectivity index is 1.88. The third-order valence-electron chi connectivity index (χ3n) is 4.66. The van der Waals surface area contributed by atoms with E-state index < -0.39 is 15.8 Å². The van der Waals surface area contributed by atoms with Gasteiger partial charge in [0.25, 0.3) is 0 Å². The Morgan fingerprint density at radius 1 is 1.19 bits per heavy atom. The van der Waals surface area contributed by atoms with Crippen molar-refractivity contribution in [2.75, 3.05) is 0 Å². The highest BCUT2D eigenvalue weighted by molar-refractivity contribution is 7.89. The van der Waals surface area contributed by atoms with Crippen LogP contribution < -0.4 is 4.72 Å². The maximum Gasteiger partial charge on any atom is 0.240 e. The van der Waals surface area contributed by atoms with Gasteiger partial charge in [0, 0.05) is 11.6 Å². The number of aromatic nitrogens is 1. The van der Waals surface area contributed by atoms with Crippen molar-refractivity contribution < 1.29 is 12.8 Å². The molecule has 1 aliphatic rings. The molecule has 0 radical (unpaired) electrons. The number of hydrogen-bond donors (Lipinski definition) is 1. The third kappa shape index (κ3) is 3.92. The van der Waals surface area contributed by atoms with Gasteiger partial charge in [0.15, 0.2) is 11.5 Å². The zero-order chi connectivity index (χ0) is 18.7. The fourth-order valence-electron chi connectivity index (χ4n) is 3.27. The van der Waals surface area contributed by atoms with E-state index in [4.69, 9.17) is 5.26 Å². The second kappa shape index (κ2) is 7.52. The largest absolute Gasteiger partial charge is 0.240 e. The van der Waals surface area contributed by atoms with Crippen LogP contribution in [0.25, 0.3) is 11.3 Å². The van der Waals surface area contributed by atoms with E-state index in [9.17, 15) is 12.8 Å². The van der Waals surface area contributed by atoms with E-state index in [1.807, 2.05) is 0 Å². The van der Waals surface area contributed by atoms with Crippen LogP contribution >= 0.6 is 0 Å². The van der Waals surface area contributed by atoms with E-state index in [1.165, 1.54) is 18.2 Å². The number of halogens is 1. The molecule has 1 saturated carbocycles. The first kappa shape index (κ1) is 18.5.